The molecule has 0 saturated heterocycles. The maximum Gasteiger partial charge on any atom is 0.166 e. The van der Waals surface area contributed by atoms with Gasteiger partial charge in [-0.05, 0) is 16.8 Å². The maximum absolute atomic E-state index is 4.64. The molecule has 2 radical (unpaired) electrons. The molecule has 0 fully saturated rings. The smallest absolute Gasteiger partial charge is 0.166 e. The topological polar surface area (TPSA) is 9.23 Å². The van der Waals surface area contributed by atoms with E-state index in [1.807, 2.05) is 16.8 Å². The van der Waals surface area contributed by atoms with E-state index in [0.29, 0.717) is 0 Å². The normalized spacial score (nSPS) is 9.62. The van der Waals surface area contributed by atoms with Crippen molar-refractivity contribution in [2.24, 2.45) is 0 Å². The lowest BCUT2D eigenvalue weighted by atomic mass is 10.4. The Morgan fingerprint density at radius 1 is 1.75 bits per heavy atom. The van der Waals surface area contributed by atoms with Gasteiger partial charge in [-0.25, -0.2) is 0 Å². The average molecular weight is 126 g/mol. The Morgan fingerprint density at radius 2 is 2.62 bits per heavy atom. The van der Waals surface area contributed by atoms with Crippen molar-refractivity contribution in [1.29, 1.82) is 0 Å². The van der Waals surface area contributed by atoms with E-state index in [1.165, 1.54) is 0 Å². The molecule has 8 heavy (non-hydrogen) atoms. The highest BCUT2D eigenvalue weighted by atomic mass is 32.1. The molecule has 0 N–H and O–H groups in total. The largest absolute Gasteiger partial charge is 0.366 e. The first-order valence-electron chi connectivity index (χ1n) is 2.24. The molecule has 0 unspecified atom stereocenters. The molecule has 0 aromatic carbocycles. The van der Waals surface area contributed by atoms with Gasteiger partial charge in [-0.15, -0.1) is 0 Å². The van der Waals surface area contributed by atoms with E-state index in [0.717, 1.165) is 5.56 Å². The lowest BCUT2D eigenvalue weighted by Crippen LogP contribution is -1.76. The van der Waals surface area contributed by atoms with E-state index in [1.54, 1.807) is 18.4 Å². The van der Waals surface area contributed by atoms with Crippen molar-refractivity contribution in [3.63, 3.8) is 0 Å². The van der Waals surface area contributed by atoms with Crippen LogP contribution in [0.25, 0.3) is 0 Å². The number of hydrogen-bond acceptors (Lipinski definition) is 2. The van der Waals surface area contributed by atoms with Crippen molar-refractivity contribution in [2.75, 3.05) is 7.11 Å². The van der Waals surface area contributed by atoms with Crippen LogP contribution in [-0.4, -0.2) is 7.11 Å². The van der Waals surface area contributed by atoms with Crippen LogP contribution in [0.1, 0.15) is 5.56 Å². The first-order chi connectivity index (χ1) is 3.93. The summed E-state index contributed by atoms with van der Waals surface area (Å²) in [4.78, 5) is 0. The minimum absolute atomic E-state index is 1.01. The molecule has 0 saturated carbocycles. The van der Waals surface area contributed by atoms with Crippen LogP contribution < -0.4 is 0 Å². The average Bonchev–Trinajstić information content (AvgIpc) is 2.19. The van der Waals surface area contributed by atoms with Gasteiger partial charge in [0, 0.05) is 12.7 Å². The number of ether oxygens (including phenoxy) is 1. The molecule has 1 aromatic rings. The zero-order valence-corrected chi connectivity index (χ0v) is 5.37. The van der Waals surface area contributed by atoms with Gasteiger partial charge in [-0.3, -0.25) is 0 Å². The monoisotopic (exact) mass is 126 g/mol. The molecule has 42 valence electrons. The van der Waals surface area contributed by atoms with Crippen molar-refractivity contribution in [1.82, 2.24) is 0 Å². The Labute approximate surface area is 52.9 Å². The second kappa shape index (κ2) is 2.84. The third kappa shape index (κ3) is 1.32. The lowest BCUT2D eigenvalue weighted by Gasteiger charge is -1.86. The highest BCUT2D eigenvalue weighted by Gasteiger charge is 1.89. The van der Waals surface area contributed by atoms with Gasteiger partial charge in [-0.2, -0.15) is 11.3 Å². The second-order valence-electron chi connectivity index (χ2n) is 1.32. The molecule has 0 atom stereocenters. The number of methoxy groups -OCH3 is 1. The highest BCUT2D eigenvalue weighted by Crippen LogP contribution is 2.07. The van der Waals surface area contributed by atoms with Crippen LogP contribution in [0.4, 0.5) is 0 Å². The molecule has 1 rings (SSSR count). The van der Waals surface area contributed by atoms with E-state index in [-0.39, 0.29) is 0 Å². The zero-order chi connectivity index (χ0) is 5.82. The van der Waals surface area contributed by atoms with E-state index in [2.05, 4.69) is 11.3 Å². The van der Waals surface area contributed by atoms with Crippen molar-refractivity contribution >= 4 is 11.3 Å². The summed E-state index contributed by atoms with van der Waals surface area (Å²) in [5, 5.41) is 3.96. The third-order valence-electron chi connectivity index (χ3n) is 0.741. The van der Waals surface area contributed by atoms with E-state index < -0.39 is 0 Å². The minimum atomic E-state index is 1.01. The number of thiophene rings is 1. The van der Waals surface area contributed by atoms with Crippen LogP contribution in [-0.2, 0) is 4.74 Å². The van der Waals surface area contributed by atoms with Gasteiger partial charge < -0.3 is 4.74 Å². The maximum atomic E-state index is 4.64. The molecule has 0 aliphatic heterocycles. The molecular formula is C6H6OS. The zero-order valence-electron chi connectivity index (χ0n) is 4.55. The minimum Gasteiger partial charge on any atom is -0.366 e. The van der Waals surface area contributed by atoms with E-state index in [4.69, 9.17) is 0 Å². The summed E-state index contributed by atoms with van der Waals surface area (Å²) in [6.45, 7) is 2.70. The van der Waals surface area contributed by atoms with Crippen LogP contribution in [0.15, 0.2) is 16.8 Å². The van der Waals surface area contributed by atoms with Crippen molar-refractivity contribution in [3.8, 4) is 0 Å². The molecule has 0 bridgehead atoms. The summed E-state index contributed by atoms with van der Waals surface area (Å²) in [6.07, 6.45) is 0. The molecule has 1 aromatic heterocycles. The van der Waals surface area contributed by atoms with Crippen molar-refractivity contribution < 1.29 is 4.74 Å². The number of rotatable bonds is 2. The Hall–Kier alpha value is -0.340. The van der Waals surface area contributed by atoms with E-state index in [9.17, 15) is 0 Å². The molecule has 0 aliphatic carbocycles. The van der Waals surface area contributed by atoms with Gasteiger partial charge in [-0.1, -0.05) is 0 Å². The van der Waals surface area contributed by atoms with Crippen LogP contribution >= 0.6 is 11.3 Å². The van der Waals surface area contributed by atoms with Crippen LogP contribution in [0.2, 0.25) is 0 Å². The Morgan fingerprint density at radius 3 is 3.12 bits per heavy atom. The molecule has 1 nitrogen and oxygen atoms in total. The van der Waals surface area contributed by atoms with Crippen LogP contribution in [0, 0.1) is 6.61 Å². The predicted octanol–water partition coefficient (Wildman–Crippen LogP) is 1.78. The molecule has 0 spiro atoms. The fraction of sp³-hybridized carbons (Fsp3) is 0.167. The first kappa shape index (κ1) is 5.79. The molecular weight excluding hydrogens is 120 g/mol. The van der Waals surface area contributed by atoms with Gasteiger partial charge >= 0.3 is 0 Å². The van der Waals surface area contributed by atoms with Gasteiger partial charge in [0.1, 0.15) is 0 Å². The fourth-order valence-electron chi connectivity index (χ4n) is 0.440. The van der Waals surface area contributed by atoms with Crippen molar-refractivity contribution in [2.45, 2.75) is 0 Å². The standard InChI is InChI=1S/C6H6OS/c1-7-4-6-2-3-8-5-6/h2-3,5H,1H3. The van der Waals surface area contributed by atoms with Crippen molar-refractivity contribution in [3.05, 3.63) is 29.0 Å². The quantitative estimate of drug-likeness (QED) is 0.587. The third-order valence-corrected chi connectivity index (χ3v) is 1.42. The van der Waals surface area contributed by atoms with Gasteiger partial charge in [0.25, 0.3) is 0 Å². The molecule has 0 aliphatic rings. The predicted molar refractivity (Wildman–Crippen MR) is 33.7 cm³/mol. The molecule has 1 heterocycles. The van der Waals surface area contributed by atoms with Gasteiger partial charge in [0.2, 0.25) is 0 Å². The highest BCUT2D eigenvalue weighted by molar-refractivity contribution is 7.08. The number of hydrogen-bond donors (Lipinski definition) is 0. The van der Waals surface area contributed by atoms with Crippen LogP contribution in [0.3, 0.4) is 0 Å². The van der Waals surface area contributed by atoms with E-state index >= 15 is 0 Å². The Bertz CT molecular complexity index is 134. The Kier molecular flexibility index (Phi) is 2.06. The SMILES string of the molecule is CO[C]c1ccsc1. The Balaban J connectivity index is 2.50. The van der Waals surface area contributed by atoms with Crippen LogP contribution in [0.5, 0.6) is 0 Å². The van der Waals surface area contributed by atoms with Gasteiger partial charge in [0.15, 0.2) is 6.61 Å². The lowest BCUT2D eigenvalue weighted by molar-refractivity contribution is 0.293. The summed E-state index contributed by atoms with van der Waals surface area (Å²) in [5.74, 6) is 0. The summed E-state index contributed by atoms with van der Waals surface area (Å²) < 4.78 is 4.64. The van der Waals surface area contributed by atoms with Gasteiger partial charge in [0.05, 0.1) is 0 Å². The fourth-order valence-corrected chi connectivity index (χ4v) is 1.02. The summed E-state index contributed by atoms with van der Waals surface area (Å²) >= 11 is 1.64. The second-order valence-corrected chi connectivity index (χ2v) is 2.10. The molecule has 2 heteroatoms. The summed E-state index contributed by atoms with van der Waals surface area (Å²) in [7, 11) is 1.59. The molecule has 0 amide bonds. The summed E-state index contributed by atoms with van der Waals surface area (Å²) in [6, 6.07) is 1.95. The first-order valence-corrected chi connectivity index (χ1v) is 3.19. The summed E-state index contributed by atoms with van der Waals surface area (Å²) in [5.41, 5.74) is 1.01.